The highest BCUT2D eigenvalue weighted by Crippen LogP contribution is 2.25. The van der Waals surface area contributed by atoms with Crippen molar-refractivity contribution >= 4 is 28.6 Å². The molecule has 0 saturated carbocycles. The summed E-state index contributed by atoms with van der Waals surface area (Å²) in [6, 6.07) is 22.9. The van der Waals surface area contributed by atoms with Gasteiger partial charge in [-0.3, -0.25) is 4.79 Å². The molecule has 3 aromatic heterocycles. The molecule has 7 nitrogen and oxygen atoms in total. The summed E-state index contributed by atoms with van der Waals surface area (Å²) in [6.07, 6.45) is 0.281. The first-order valence-corrected chi connectivity index (χ1v) is 10.9. The molecule has 2 aromatic carbocycles. The molecular formula is C24H19N5O2S. The quantitative estimate of drug-likeness (QED) is 0.413. The molecule has 8 heteroatoms. The molecule has 0 atom stereocenters. The minimum Gasteiger partial charge on any atom is -0.497 e. The Balaban J connectivity index is 1.37. The highest BCUT2D eigenvalue weighted by atomic mass is 32.1. The van der Waals surface area contributed by atoms with Gasteiger partial charge in [-0.05, 0) is 53.4 Å². The number of aromatic nitrogens is 4. The number of thiophene rings is 1. The summed E-state index contributed by atoms with van der Waals surface area (Å²) < 4.78 is 6.91. The van der Waals surface area contributed by atoms with E-state index < -0.39 is 0 Å². The largest absolute Gasteiger partial charge is 0.497 e. The van der Waals surface area contributed by atoms with Gasteiger partial charge >= 0.3 is 0 Å². The van der Waals surface area contributed by atoms with Crippen molar-refractivity contribution in [1.82, 2.24) is 19.8 Å². The number of carbonyl (C=O) groups is 1. The van der Waals surface area contributed by atoms with Crippen LogP contribution >= 0.6 is 11.3 Å². The van der Waals surface area contributed by atoms with Crippen molar-refractivity contribution in [2.45, 2.75) is 6.42 Å². The molecule has 0 bridgehead atoms. The zero-order valence-electron chi connectivity index (χ0n) is 17.2. The monoisotopic (exact) mass is 441 g/mol. The maximum atomic E-state index is 12.5. The molecule has 32 heavy (non-hydrogen) atoms. The SMILES string of the molecule is COc1ccc(CC(=O)Nc2cccc(-c3ccc4nnc(-c5cccs5)n4n3)c2)cc1. The lowest BCUT2D eigenvalue weighted by atomic mass is 10.1. The van der Waals surface area contributed by atoms with E-state index in [0.717, 1.165) is 27.4 Å². The fraction of sp³-hybridized carbons (Fsp3) is 0.0833. The first-order valence-electron chi connectivity index (χ1n) is 9.99. The van der Waals surface area contributed by atoms with E-state index >= 15 is 0 Å². The summed E-state index contributed by atoms with van der Waals surface area (Å²) in [6.45, 7) is 0. The standard InChI is InChI=1S/C24H19N5O2S/c1-31-19-9-7-16(8-10-19)14-23(30)25-18-5-2-4-17(15-18)20-11-12-22-26-27-24(29(22)28-20)21-6-3-13-32-21/h2-13,15H,14H2,1H3,(H,25,30). The van der Waals surface area contributed by atoms with Gasteiger partial charge in [0.05, 0.1) is 24.1 Å². The Morgan fingerprint density at radius 3 is 2.69 bits per heavy atom. The summed E-state index contributed by atoms with van der Waals surface area (Å²) in [5.74, 6) is 1.39. The summed E-state index contributed by atoms with van der Waals surface area (Å²) in [4.78, 5) is 13.5. The number of ether oxygens (including phenoxy) is 1. The van der Waals surface area contributed by atoms with Crippen LogP contribution in [0, 0.1) is 0 Å². The van der Waals surface area contributed by atoms with Crippen molar-refractivity contribution in [3.8, 4) is 27.7 Å². The lowest BCUT2D eigenvalue weighted by Crippen LogP contribution is -2.14. The number of benzene rings is 2. The van der Waals surface area contributed by atoms with Gasteiger partial charge in [0.15, 0.2) is 11.5 Å². The van der Waals surface area contributed by atoms with Crippen molar-refractivity contribution in [2.75, 3.05) is 12.4 Å². The third-order valence-electron chi connectivity index (χ3n) is 4.97. The van der Waals surface area contributed by atoms with Gasteiger partial charge in [-0.1, -0.05) is 30.3 Å². The van der Waals surface area contributed by atoms with Gasteiger partial charge in [0.2, 0.25) is 5.91 Å². The molecule has 0 aliphatic carbocycles. The van der Waals surface area contributed by atoms with Crippen molar-refractivity contribution in [3.05, 3.63) is 83.7 Å². The second-order valence-corrected chi connectivity index (χ2v) is 8.09. The maximum Gasteiger partial charge on any atom is 0.228 e. The summed E-state index contributed by atoms with van der Waals surface area (Å²) in [5.41, 5.74) is 3.97. The summed E-state index contributed by atoms with van der Waals surface area (Å²) >= 11 is 1.59. The number of carbonyl (C=O) groups excluding carboxylic acids is 1. The van der Waals surface area contributed by atoms with Crippen molar-refractivity contribution in [2.24, 2.45) is 0 Å². The van der Waals surface area contributed by atoms with Crippen LogP contribution in [0.1, 0.15) is 5.56 Å². The average Bonchev–Trinajstić information content (AvgIpc) is 3.49. The van der Waals surface area contributed by atoms with Crippen LogP contribution in [0.5, 0.6) is 5.75 Å². The first kappa shape index (κ1) is 19.9. The lowest BCUT2D eigenvalue weighted by Gasteiger charge is -2.08. The van der Waals surface area contributed by atoms with Crippen LogP contribution in [-0.2, 0) is 11.2 Å². The molecule has 0 fully saturated rings. The van der Waals surface area contributed by atoms with E-state index in [-0.39, 0.29) is 12.3 Å². The van der Waals surface area contributed by atoms with Crippen LogP contribution in [0.2, 0.25) is 0 Å². The fourth-order valence-electron chi connectivity index (χ4n) is 3.39. The number of nitrogens with one attached hydrogen (secondary N) is 1. The van der Waals surface area contributed by atoms with Gasteiger partial charge in [-0.25, -0.2) is 0 Å². The number of amides is 1. The molecule has 0 spiro atoms. The molecule has 0 aliphatic heterocycles. The number of rotatable bonds is 6. The highest BCUT2D eigenvalue weighted by Gasteiger charge is 2.12. The molecule has 1 amide bonds. The van der Waals surface area contributed by atoms with Crippen LogP contribution in [0.15, 0.2) is 78.2 Å². The predicted octanol–water partition coefficient (Wildman–Crippen LogP) is 4.71. The fourth-order valence-corrected chi connectivity index (χ4v) is 4.09. The highest BCUT2D eigenvalue weighted by molar-refractivity contribution is 7.13. The first-order chi connectivity index (χ1) is 15.7. The topological polar surface area (TPSA) is 81.4 Å². The molecule has 5 aromatic rings. The second kappa shape index (κ2) is 8.60. The molecule has 0 radical (unpaired) electrons. The Morgan fingerprint density at radius 2 is 1.91 bits per heavy atom. The van der Waals surface area contributed by atoms with Crippen molar-refractivity contribution in [3.63, 3.8) is 0 Å². The zero-order valence-corrected chi connectivity index (χ0v) is 18.0. The molecule has 0 aliphatic rings. The number of hydrogen-bond acceptors (Lipinski definition) is 6. The normalized spacial score (nSPS) is 10.9. The van der Waals surface area contributed by atoms with E-state index in [9.17, 15) is 4.79 Å². The van der Waals surface area contributed by atoms with Crippen molar-refractivity contribution in [1.29, 1.82) is 0 Å². The van der Waals surface area contributed by atoms with Gasteiger partial charge < -0.3 is 10.1 Å². The number of anilines is 1. The van der Waals surface area contributed by atoms with Crippen molar-refractivity contribution < 1.29 is 9.53 Å². The molecule has 0 saturated heterocycles. The van der Waals surface area contributed by atoms with Crippen LogP contribution < -0.4 is 10.1 Å². The van der Waals surface area contributed by atoms with Crippen LogP contribution in [0.25, 0.3) is 27.6 Å². The molecule has 158 valence electrons. The zero-order chi connectivity index (χ0) is 21.9. The smallest absolute Gasteiger partial charge is 0.228 e. The minimum absolute atomic E-state index is 0.0884. The third kappa shape index (κ3) is 4.08. The van der Waals surface area contributed by atoms with Gasteiger partial charge in [0.25, 0.3) is 0 Å². The van der Waals surface area contributed by atoms with Gasteiger partial charge in [-0.15, -0.1) is 21.5 Å². The van der Waals surface area contributed by atoms with E-state index in [2.05, 4.69) is 15.5 Å². The molecule has 3 heterocycles. The van der Waals surface area contributed by atoms with Crippen LogP contribution in [0.4, 0.5) is 5.69 Å². The van der Waals surface area contributed by atoms with Gasteiger partial charge in [0.1, 0.15) is 5.75 Å². The Labute approximate surface area is 188 Å². The van der Waals surface area contributed by atoms with Gasteiger partial charge in [0, 0.05) is 11.3 Å². The summed E-state index contributed by atoms with van der Waals surface area (Å²) in [7, 11) is 1.62. The number of methoxy groups -OCH3 is 1. The third-order valence-corrected chi connectivity index (χ3v) is 5.84. The Bertz CT molecular complexity index is 1380. The Hall–Kier alpha value is -4.04. The van der Waals surface area contributed by atoms with Crippen LogP contribution in [0.3, 0.4) is 0 Å². The number of fused-ring (bicyclic) bond motifs is 1. The molecule has 1 N–H and O–H groups in total. The molecule has 5 rings (SSSR count). The average molecular weight is 442 g/mol. The predicted molar refractivity (Wildman–Crippen MR) is 125 cm³/mol. The second-order valence-electron chi connectivity index (χ2n) is 7.14. The van der Waals surface area contributed by atoms with Crippen LogP contribution in [-0.4, -0.2) is 32.8 Å². The van der Waals surface area contributed by atoms with E-state index in [1.54, 1.807) is 23.0 Å². The maximum absolute atomic E-state index is 12.5. The molecule has 0 unspecified atom stereocenters. The minimum atomic E-state index is -0.0884. The summed E-state index contributed by atoms with van der Waals surface area (Å²) in [5, 5.41) is 18.2. The Morgan fingerprint density at radius 1 is 1.03 bits per heavy atom. The lowest BCUT2D eigenvalue weighted by molar-refractivity contribution is -0.115. The Kier molecular flexibility index (Phi) is 5.35. The van der Waals surface area contributed by atoms with E-state index in [4.69, 9.17) is 9.84 Å². The van der Waals surface area contributed by atoms with E-state index in [0.29, 0.717) is 17.2 Å². The number of hydrogen-bond donors (Lipinski definition) is 1. The number of nitrogens with zero attached hydrogens (tertiary/aromatic N) is 4. The van der Waals surface area contributed by atoms with E-state index in [1.165, 1.54) is 0 Å². The van der Waals surface area contributed by atoms with Gasteiger partial charge in [-0.2, -0.15) is 9.61 Å². The molecular weight excluding hydrogens is 422 g/mol. The van der Waals surface area contributed by atoms with E-state index in [1.807, 2.05) is 78.2 Å².